The van der Waals surface area contributed by atoms with Gasteiger partial charge in [0.05, 0.1) is 22.1 Å². The number of rotatable bonds is 3. The highest BCUT2D eigenvalue weighted by molar-refractivity contribution is 7.19. The van der Waals surface area contributed by atoms with Crippen LogP contribution < -0.4 is 0 Å². The Morgan fingerprint density at radius 2 is 1.91 bits per heavy atom. The van der Waals surface area contributed by atoms with Crippen LogP contribution in [0, 0.1) is 6.92 Å². The van der Waals surface area contributed by atoms with Crippen molar-refractivity contribution in [2.24, 2.45) is 0 Å². The minimum atomic E-state index is 1.01. The van der Waals surface area contributed by atoms with Crippen molar-refractivity contribution in [3.05, 3.63) is 77.1 Å². The van der Waals surface area contributed by atoms with Crippen LogP contribution in [0.4, 0.5) is 0 Å². The molecule has 0 fully saturated rings. The fourth-order valence-corrected chi connectivity index (χ4v) is 3.29. The summed E-state index contributed by atoms with van der Waals surface area (Å²) in [4.78, 5) is 4.66. The number of thiazole rings is 1. The van der Waals surface area contributed by atoms with Crippen LogP contribution in [0.3, 0.4) is 0 Å². The number of para-hydroxylation sites is 1. The smallest absolute Gasteiger partial charge is 0.117 e. The molecule has 0 aliphatic rings. The third kappa shape index (κ3) is 2.94. The zero-order valence-electron chi connectivity index (χ0n) is 12.7. The minimum Gasteiger partial charge on any atom is -0.240 e. The second-order valence-corrected chi connectivity index (χ2v) is 6.47. The van der Waals surface area contributed by atoms with E-state index in [1.165, 1.54) is 10.3 Å². The van der Waals surface area contributed by atoms with Gasteiger partial charge in [-0.3, -0.25) is 0 Å². The summed E-state index contributed by atoms with van der Waals surface area (Å²) in [6.45, 7) is 2.09. The van der Waals surface area contributed by atoms with E-state index in [4.69, 9.17) is 0 Å². The molecule has 2 aromatic carbocycles. The maximum atomic E-state index is 4.66. The topological polar surface area (TPSA) is 30.7 Å². The van der Waals surface area contributed by atoms with Crippen LogP contribution in [0.5, 0.6) is 0 Å². The summed E-state index contributed by atoms with van der Waals surface area (Å²) in [6, 6.07) is 16.5. The summed E-state index contributed by atoms with van der Waals surface area (Å²) in [6.07, 6.45) is 7.98. The van der Waals surface area contributed by atoms with E-state index in [-0.39, 0.29) is 0 Å². The fraction of sp³-hybridized carbons (Fsp3) is 0.0526. The van der Waals surface area contributed by atoms with E-state index < -0.39 is 0 Å². The molecule has 112 valence electrons. The lowest BCUT2D eigenvalue weighted by molar-refractivity contribution is 0.880. The fourth-order valence-electron chi connectivity index (χ4n) is 2.44. The first-order valence-corrected chi connectivity index (χ1v) is 8.25. The third-order valence-corrected chi connectivity index (χ3v) is 4.60. The van der Waals surface area contributed by atoms with Gasteiger partial charge >= 0.3 is 0 Å². The van der Waals surface area contributed by atoms with Gasteiger partial charge in [0.1, 0.15) is 5.01 Å². The maximum Gasteiger partial charge on any atom is 0.117 e. The van der Waals surface area contributed by atoms with E-state index in [2.05, 4.69) is 41.3 Å². The van der Waals surface area contributed by atoms with Gasteiger partial charge in [-0.25, -0.2) is 9.67 Å². The Bertz CT molecular complexity index is 980. The number of hydrogen-bond acceptors (Lipinski definition) is 3. The molecule has 0 saturated heterocycles. The molecule has 0 unspecified atom stereocenters. The molecule has 0 spiro atoms. The highest BCUT2D eigenvalue weighted by Crippen LogP contribution is 2.24. The number of benzene rings is 2. The van der Waals surface area contributed by atoms with Crippen LogP contribution in [-0.2, 0) is 0 Å². The molecule has 4 heteroatoms. The highest BCUT2D eigenvalue weighted by Gasteiger charge is 2.02. The van der Waals surface area contributed by atoms with Crippen molar-refractivity contribution in [3.63, 3.8) is 0 Å². The molecule has 23 heavy (non-hydrogen) atoms. The molecule has 0 atom stereocenters. The Balaban J connectivity index is 1.59. The molecular weight excluding hydrogens is 302 g/mol. The van der Waals surface area contributed by atoms with Crippen molar-refractivity contribution >= 4 is 33.7 Å². The van der Waals surface area contributed by atoms with Gasteiger partial charge in [0, 0.05) is 11.8 Å². The average molecular weight is 317 g/mol. The van der Waals surface area contributed by atoms with E-state index in [0.29, 0.717) is 0 Å². The number of fused-ring (bicyclic) bond motifs is 1. The van der Waals surface area contributed by atoms with Crippen LogP contribution in [-0.4, -0.2) is 14.8 Å². The molecule has 0 aliphatic carbocycles. The Kier molecular flexibility index (Phi) is 3.52. The lowest BCUT2D eigenvalue weighted by Crippen LogP contribution is -1.92. The SMILES string of the molecule is Cc1ccc2sc(/C=C/c3cnn(-c4ccccc4)c3)nc2c1. The highest BCUT2D eigenvalue weighted by atomic mass is 32.1. The molecule has 0 amide bonds. The summed E-state index contributed by atoms with van der Waals surface area (Å²) in [5.41, 5.74) is 4.42. The van der Waals surface area contributed by atoms with Crippen molar-refractivity contribution in [2.45, 2.75) is 6.92 Å². The van der Waals surface area contributed by atoms with E-state index in [9.17, 15) is 0 Å². The van der Waals surface area contributed by atoms with E-state index in [0.717, 1.165) is 21.8 Å². The molecule has 0 N–H and O–H groups in total. The van der Waals surface area contributed by atoms with Crippen molar-refractivity contribution in [3.8, 4) is 5.69 Å². The molecule has 4 aromatic rings. The third-order valence-electron chi connectivity index (χ3n) is 3.60. The van der Waals surface area contributed by atoms with Crippen LogP contribution in [0.2, 0.25) is 0 Å². The number of aryl methyl sites for hydroxylation is 1. The Hall–Kier alpha value is -2.72. The summed E-state index contributed by atoms with van der Waals surface area (Å²) >= 11 is 1.70. The second kappa shape index (κ2) is 5.82. The molecule has 2 heterocycles. The van der Waals surface area contributed by atoms with E-state index in [1.54, 1.807) is 11.3 Å². The molecule has 0 aliphatic heterocycles. The van der Waals surface area contributed by atoms with Gasteiger partial charge in [-0.05, 0) is 48.9 Å². The van der Waals surface area contributed by atoms with Gasteiger partial charge in [-0.1, -0.05) is 24.3 Å². The summed E-state index contributed by atoms with van der Waals surface area (Å²) in [5, 5.41) is 5.41. The van der Waals surface area contributed by atoms with Gasteiger partial charge in [0.15, 0.2) is 0 Å². The first-order valence-electron chi connectivity index (χ1n) is 7.43. The normalized spacial score (nSPS) is 11.5. The molecule has 0 radical (unpaired) electrons. The van der Waals surface area contributed by atoms with Gasteiger partial charge in [0.2, 0.25) is 0 Å². The number of aromatic nitrogens is 3. The number of nitrogens with zero attached hydrogens (tertiary/aromatic N) is 3. The first kappa shape index (κ1) is 13.9. The molecule has 0 saturated carbocycles. The summed E-state index contributed by atoms with van der Waals surface area (Å²) in [5.74, 6) is 0. The van der Waals surface area contributed by atoms with Crippen LogP contribution in [0.15, 0.2) is 60.9 Å². The quantitative estimate of drug-likeness (QED) is 0.534. The Labute approximate surface area is 138 Å². The molecular formula is C19H15N3S. The van der Waals surface area contributed by atoms with E-state index in [1.807, 2.05) is 53.5 Å². The van der Waals surface area contributed by atoms with Gasteiger partial charge in [-0.15, -0.1) is 11.3 Å². The maximum absolute atomic E-state index is 4.66. The van der Waals surface area contributed by atoms with Crippen LogP contribution in [0.25, 0.3) is 28.1 Å². The minimum absolute atomic E-state index is 1.01. The second-order valence-electron chi connectivity index (χ2n) is 5.41. The van der Waals surface area contributed by atoms with Crippen molar-refractivity contribution in [1.82, 2.24) is 14.8 Å². The Morgan fingerprint density at radius 1 is 1.04 bits per heavy atom. The molecule has 2 aromatic heterocycles. The molecule has 3 nitrogen and oxygen atoms in total. The van der Waals surface area contributed by atoms with Crippen LogP contribution in [0.1, 0.15) is 16.1 Å². The zero-order chi connectivity index (χ0) is 15.6. The van der Waals surface area contributed by atoms with E-state index >= 15 is 0 Å². The van der Waals surface area contributed by atoms with Gasteiger partial charge in [-0.2, -0.15) is 5.10 Å². The predicted octanol–water partition coefficient (Wildman–Crippen LogP) is 4.96. The van der Waals surface area contributed by atoms with Crippen LogP contribution >= 0.6 is 11.3 Å². The Morgan fingerprint density at radius 3 is 2.78 bits per heavy atom. The standard InChI is InChI=1S/C19H15N3S/c1-14-7-9-18-17(11-14)21-19(23-18)10-8-15-12-20-22(13-15)16-5-3-2-4-6-16/h2-13H,1H3/b10-8+. The largest absolute Gasteiger partial charge is 0.240 e. The average Bonchev–Trinajstić information content (AvgIpc) is 3.20. The molecule has 4 rings (SSSR count). The summed E-state index contributed by atoms with van der Waals surface area (Å²) < 4.78 is 3.09. The summed E-state index contributed by atoms with van der Waals surface area (Å²) in [7, 11) is 0. The van der Waals surface area contributed by atoms with Crippen molar-refractivity contribution in [1.29, 1.82) is 0 Å². The van der Waals surface area contributed by atoms with Gasteiger partial charge < -0.3 is 0 Å². The lowest BCUT2D eigenvalue weighted by Gasteiger charge is -1.98. The zero-order valence-corrected chi connectivity index (χ0v) is 13.5. The first-order chi connectivity index (χ1) is 11.3. The van der Waals surface area contributed by atoms with Crippen molar-refractivity contribution in [2.75, 3.05) is 0 Å². The predicted molar refractivity (Wildman–Crippen MR) is 96.8 cm³/mol. The lowest BCUT2D eigenvalue weighted by atomic mass is 10.2. The number of hydrogen-bond donors (Lipinski definition) is 0. The molecule has 0 bridgehead atoms. The monoisotopic (exact) mass is 317 g/mol. The van der Waals surface area contributed by atoms with Crippen molar-refractivity contribution < 1.29 is 0 Å². The van der Waals surface area contributed by atoms with Gasteiger partial charge in [0.25, 0.3) is 0 Å².